The first-order chi connectivity index (χ1) is 11.6. The molecule has 1 rings (SSSR count). The maximum absolute atomic E-state index is 12.7. The molecule has 1 aromatic rings. The summed E-state index contributed by atoms with van der Waals surface area (Å²) in [5, 5.41) is 2.86. The van der Waals surface area contributed by atoms with Crippen molar-refractivity contribution < 1.29 is 14.3 Å². The minimum atomic E-state index is -0.626. The van der Waals surface area contributed by atoms with Gasteiger partial charge in [-0.15, -0.1) is 12.4 Å². The molecular formula is C20H33ClN2O3. The van der Waals surface area contributed by atoms with E-state index in [0.29, 0.717) is 0 Å². The fourth-order valence-electron chi connectivity index (χ4n) is 2.66. The molecule has 148 valence electrons. The number of amides is 1. The monoisotopic (exact) mass is 384 g/mol. The zero-order valence-electron chi connectivity index (χ0n) is 16.6. The van der Waals surface area contributed by atoms with E-state index in [1.54, 1.807) is 6.92 Å². The summed E-state index contributed by atoms with van der Waals surface area (Å²) in [6.07, 6.45) is 0. The van der Waals surface area contributed by atoms with Crippen molar-refractivity contribution in [2.45, 2.75) is 53.6 Å². The number of hydrogen-bond acceptors (Lipinski definition) is 4. The fraction of sp³-hybridized carbons (Fsp3) is 0.600. The van der Waals surface area contributed by atoms with Crippen molar-refractivity contribution in [1.82, 2.24) is 5.32 Å². The fourth-order valence-corrected chi connectivity index (χ4v) is 2.66. The van der Waals surface area contributed by atoms with E-state index in [1.807, 2.05) is 65.0 Å². The predicted molar refractivity (Wildman–Crippen MR) is 107 cm³/mol. The molecule has 3 N–H and O–H groups in total. The molecule has 0 heterocycles. The molecule has 0 saturated carbocycles. The van der Waals surface area contributed by atoms with E-state index in [4.69, 9.17) is 10.5 Å². The number of esters is 1. The summed E-state index contributed by atoms with van der Waals surface area (Å²) < 4.78 is 5.63. The first kappa shape index (κ1) is 24.4. The van der Waals surface area contributed by atoms with Gasteiger partial charge in [0.05, 0.1) is 17.5 Å². The van der Waals surface area contributed by atoms with E-state index in [9.17, 15) is 9.59 Å². The Kier molecular flexibility index (Phi) is 9.89. The van der Waals surface area contributed by atoms with Gasteiger partial charge in [0, 0.05) is 0 Å². The average molecular weight is 385 g/mol. The van der Waals surface area contributed by atoms with Crippen LogP contribution in [0.3, 0.4) is 0 Å². The van der Waals surface area contributed by atoms with E-state index in [1.165, 1.54) is 0 Å². The number of ether oxygens (including phenoxy) is 1. The topological polar surface area (TPSA) is 81.4 Å². The molecule has 0 spiro atoms. The van der Waals surface area contributed by atoms with Crippen molar-refractivity contribution in [3.05, 3.63) is 35.9 Å². The largest absolute Gasteiger partial charge is 0.463 e. The number of carbonyl (C=O) groups is 2. The molecule has 1 amide bonds. The van der Waals surface area contributed by atoms with Gasteiger partial charge in [0.25, 0.3) is 0 Å². The predicted octanol–water partition coefficient (Wildman–Crippen LogP) is 3.47. The molecule has 2 unspecified atom stereocenters. The number of halogens is 1. The highest BCUT2D eigenvalue weighted by Crippen LogP contribution is 2.36. The summed E-state index contributed by atoms with van der Waals surface area (Å²) in [5.41, 5.74) is 5.95. The lowest BCUT2D eigenvalue weighted by Gasteiger charge is -2.35. The number of nitrogens with one attached hydrogen (secondary N) is 1. The van der Waals surface area contributed by atoms with Gasteiger partial charge in [0.15, 0.2) is 0 Å². The van der Waals surface area contributed by atoms with Gasteiger partial charge in [0.1, 0.15) is 6.61 Å². The SMILES string of the molecule is CC(N)C(=O)NC(COC(=O)C(C)(C(C)C)C(C)C)c1ccccc1.Cl. The van der Waals surface area contributed by atoms with Crippen LogP contribution in [0.5, 0.6) is 0 Å². The molecule has 0 aliphatic carbocycles. The molecule has 0 saturated heterocycles. The molecule has 2 atom stereocenters. The molecule has 0 aromatic heterocycles. The van der Waals surface area contributed by atoms with Gasteiger partial charge in [-0.25, -0.2) is 0 Å². The normalized spacial score (nSPS) is 13.7. The van der Waals surface area contributed by atoms with Crippen molar-refractivity contribution in [1.29, 1.82) is 0 Å². The number of benzene rings is 1. The van der Waals surface area contributed by atoms with E-state index in [2.05, 4.69) is 5.32 Å². The number of rotatable bonds is 8. The number of carbonyl (C=O) groups excluding carboxylic acids is 2. The lowest BCUT2D eigenvalue weighted by molar-refractivity contribution is -0.162. The van der Waals surface area contributed by atoms with E-state index in [0.717, 1.165) is 5.56 Å². The van der Waals surface area contributed by atoms with Crippen LogP contribution in [0.25, 0.3) is 0 Å². The van der Waals surface area contributed by atoms with E-state index < -0.39 is 17.5 Å². The van der Waals surface area contributed by atoms with Crippen LogP contribution in [0, 0.1) is 17.3 Å². The van der Waals surface area contributed by atoms with Crippen LogP contribution < -0.4 is 11.1 Å². The molecule has 0 radical (unpaired) electrons. The molecular weight excluding hydrogens is 352 g/mol. The maximum Gasteiger partial charge on any atom is 0.312 e. The van der Waals surface area contributed by atoms with Crippen molar-refractivity contribution in [2.75, 3.05) is 6.61 Å². The molecule has 26 heavy (non-hydrogen) atoms. The van der Waals surface area contributed by atoms with Crippen LogP contribution in [0.15, 0.2) is 30.3 Å². The van der Waals surface area contributed by atoms with Gasteiger partial charge < -0.3 is 15.8 Å². The van der Waals surface area contributed by atoms with Crippen LogP contribution in [0.4, 0.5) is 0 Å². The Morgan fingerprint density at radius 2 is 1.58 bits per heavy atom. The Morgan fingerprint density at radius 3 is 2.00 bits per heavy atom. The Bertz CT molecular complexity index is 566. The number of nitrogens with two attached hydrogens (primary N) is 1. The van der Waals surface area contributed by atoms with Crippen LogP contribution in [-0.4, -0.2) is 24.5 Å². The smallest absolute Gasteiger partial charge is 0.312 e. The van der Waals surface area contributed by atoms with Crippen LogP contribution >= 0.6 is 12.4 Å². The van der Waals surface area contributed by atoms with E-state index >= 15 is 0 Å². The van der Waals surface area contributed by atoms with E-state index in [-0.39, 0.29) is 42.7 Å². The third-order valence-electron chi connectivity index (χ3n) is 5.15. The molecule has 0 aliphatic heterocycles. The van der Waals surface area contributed by atoms with Gasteiger partial charge in [-0.2, -0.15) is 0 Å². The highest BCUT2D eigenvalue weighted by Gasteiger charge is 2.41. The van der Waals surface area contributed by atoms with Crippen molar-refractivity contribution in [3.8, 4) is 0 Å². The standard InChI is InChI=1S/C20H32N2O3.ClH/c1-13(2)20(6,14(3)4)19(24)25-12-17(22-18(23)15(5)21)16-10-8-7-9-11-16;/h7-11,13-15,17H,12,21H2,1-6H3,(H,22,23);1H. The second-order valence-corrected chi connectivity index (χ2v) is 7.45. The summed E-state index contributed by atoms with van der Waals surface area (Å²) in [6, 6.07) is 8.40. The third-order valence-corrected chi connectivity index (χ3v) is 5.15. The quantitative estimate of drug-likeness (QED) is 0.672. The Hall–Kier alpha value is -1.59. The summed E-state index contributed by atoms with van der Waals surface area (Å²) in [4.78, 5) is 24.8. The van der Waals surface area contributed by atoms with Crippen LogP contribution in [0.2, 0.25) is 0 Å². The highest BCUT2D eigenvalue weighted by molar-refractivity contribution is 5.85. The first-order valence-corrected chi connectivity index (χ1v) is 8.88. The second-order valence-electron chi connectivity index (χ2n) is 7.45. The molecule has 0 aliphatic rings. The van der Waals surface area contributed by atoms with Gasteiger partial charge in [-0.05, 0) is 31.2 Å². The van der Waals surface area contributed by atoms with Crippen molar-refractivity contribution >= 4 is 24.3 Å². The zero-order chi connectivity index (χ0) is 19.2. The van der Waals surface area contributed by atoms with Gasteiger partial charge >= 0.3 is 5.97 Å². The van der Waals surface area contributed by atoms with Gasteiger partial charge in [0.2, 0.25) is 5.91 Å². The number of hydrogen-bond donors (Lipinski definition) is 2. The lowest BCUT2D eigenvalue weighted by Crippen LogP contribution is -2.44. The Labute approximate surface area is 163 Å². The molecule has 0 bridgehead atoms. The summed E-state index contributed by atoms with van der Waals surface area (Å²) >= 11 is 0. The van der Waals surface area contributed by atoms with Crippen LogP contribution in [-0.2, 0) is 14.3 Å². The van der Waals surface area contributed by atoms with Gasteiger partial charge in [-0.1, -0.05) is 58.0 Å². The zero-order valence-corrected chi connectivity index (χ0v) is 17.4. The second kappa shape index (κ2) is 10.5. The molecule has 5 nitrogen and oxygen atoms in total. The summed E-state index contributed by atoms with van der Waals surface area (Å²) in [7, 11) is 0. The average Bonchev–Trinajstić information content (AvgIpc) is 2.57. The maximum atomic E-state index is 12.7. The molecule has 6 heteroatoms. The minimum Gasteiger partial charge on any atom is -0.463 e. The molecule has 0 fully saturated rings. The highest BCUT2D eigenvalue weighted by atomic mass is 35.5. The minimum absolute atomic E-state index is 0. The summed E-state index contributed by atoms with van der Waals surface area (Å²) in [6.45, 7) is 11.7. The van der Waals surface area contributed by atoms with Gasteiger partial charge in [-0.3, -0.25) is 9.59 Å². The lowest BCUT2D eigenvalue weighted by atomic mass is 9.70. The van der Waals surface area contributed by atoms with Crippen molar-refractivity contribution in [2.24, 2.45) is 23.0 Å². The summed E-state index contributed by atoms with van der Waals surface area (Å²) in [5.74, 6) is -0.225. The Balaban J connectivity index is 0.00000625. The first-order valence-electron chi connectivity index (χ1n) is 8.88. The molecule has 1 aromatic carbocycles. The van der Waals surface area contributed by atoms with Crippen LogP contribution in [0.1, 0.15) is 53.1 Å². The van der Waals surface area contributed by atoms with Crippen molar-refractivity contribution in [3.63, 3.8) is 0 Å². The third kappa shape index (κ3) is 5.99. The Morgan fingerprint density at radius 1 is 1.08 bits per heavy atom.